The van der Waals surface area contributed by atoms with Crippen LogP contribution in [0.3, 0.4) is 0 Å². The van der Waals surface area contributed by atoms with Gasteiger partial charge in [0.05, 0.1) is 25.3 Å². The number of hydrogen-bond donors (Lipinski definition) is 1. The summed E-state index contributed by atoms with van der Waals surface area (Å²) in [5.41, 5.74) is 3.98. The van der Waals surface area contributed by atoms with E-state index in [1.54, 1.807) is 20.3 Å². The van der Waals surface area contributed by atoms with Gasteiger partial charge in [-0.2, -0.15) is 13.2 Å². The molecule has 5 rings (SSSR count). The molecule has 1 N–H and O–H groups in total. The molecule has 7 heteroatoms. The molecule has 0 fully saturated rings. The molecule has 0 unspecified atom stereocenters. The van der Waals surface area contributed by atoms with Gasteiger partial charge in [-0.25, -0.2) is 0 Å². The van der Waals surface area contributed by atoms with E-state index in [1.165, 1.54) is 12.3 Å². The summed E-state index contributed by atoms with van der Waals surface area (Å²) in [6.07, 6.45) is -2.99. The van der Waals surface area contributed by atoms with Crippen LogP contribution in [-0.4, -0.2) is 19.2 Å². The van der Waals surface area contributed by atoms with E-state index >= 15 is 0 Å². The summed E-state index contributed by atoms with van der Waals surface area (Å²) >= 11 is 0. The molecule has 4 aromatic carbocycles. The Bertz CT molecular complexity index is 1580. The largest absolute Gasteiger partial charge is 0.493 e. The molecule has 0 bridgehead atoms. The van der Waals surface area contributed by atoms with E-state index in [1.807, 2.05) is 72.8 Å². The lowest BCUT2D eigenvalue weighted by atomic mass is 9.91. The van der Waals surface area contributed by atoms with Gasteiger partial charge in [0, 0.05) is 40.5 Å². The Kier molecular flexibility index (Phi) is 6.92. The highest BCUT2D eigenvalue weighted by molar-refractivity contribution is 6.03. The summed E-state index contributed by atoms with van der Waals surface area (Å²) < 4.78 is 52.5. The number of nitrogens with one attached hydrogen (secondary N) is 1. The number of para-hydroxylation sites is 2. The Morgan fingerprint density at radius 3 is 2.26 bits per heavy atom. The van der Waals surface area contributed by atoms with Crippen molar-refractivity contribution in [3.8, 4) is 33.8 Å². The van der Waals surface area contributed by atoms with Crippen LogP contribution in [0.1, 0.15) is 11.1 Å². The first-order valence-electron chi connectivity index (χ1n) is 12.0. The van der Waals surface area contributed by atoms with Crippen LogP contribution in [0.15, 0.2) is 97.2 Å². The summed E-state index contributed by atoms with van der Waals surface area (Å²) in [6.45, 7) is 0.463. The minimum atomic E-state index is -4.52. The van der Waals surface area contributed by atoms with E-state index in [0.29, 0.717) is 29.0 Å². The van der Waals surface area contributed by atoms with E-state index in [4.69, 9.17) is 9.47 Å². The highest BCUT2D eigenvalue weighted by Gasteiger charge is 2.33. The number of hydrogen-bond acceptors (Lipinski definition) is 4. The first kappa shape index (κ1) is 25.1. The third-order valence-electron chi connectivity index (χ3n) is 6.41. The molecular weight excluding hydrogens is 489 g/mol. The number of rotatable bonds is 7. The maximum atomic E-state index is 13.8. The molecule has 0 saturated heterocycles. The molecule has 1 aromatic heterocycles. The average Bonchev–Trinajstić information content (AvgIpc) is 2.94. The second-order valence-corrected chi connectivity index (χ2v) is 8.70. The van der Waals surface area contributed by atoms with Crippen LogP contribution in [-0.2, 0) is 12.7 Å². The maximum Gasteiger partial charge on any atom is 0.418 e. The Morgan fingerprint density at radius 1 is 0.789 bits per heavy atom. The molecule has 38 heavy (non-hydrogen) atoms. The molecular formula is C31H25F3N2O2. The lowest BCUT2D eigenvalue weighted by Gasteiger charge is -2.17. The zero-order valence-electron chi connectivity index (χ0n) is 20.8. The quantitative estimate of drug-likeness (QED) is 0.238. The van der Waals surface area contributed by atoms with Gasteiger partial charge in [-0.1, -0.05) is 66.7 Å². The van der Waals surface area contributed by atoms with Gasteiger partial charge in [-0.05, 0) is 35.4 Å². The van der Waals surface area contributed by atoms with Crippen LogP contribution < -0.4 is 14.8 Å². The molecule has 0 aliphatic carbocycles. The van der Waals surface area contributed by atoms with Crippen LogP contribution in [0, 0.1) is 0 Å². The number of ether oxygens (including phenoxy) is 2. The van der Waals surface area contributed by atoms with Crippen LogP contribution in [0.4, 0.5) is 18.9 Å². The summed E-state index contributed by atoms with van der Waals surface area (Å²) in [6, 6.07) is 27.1. The van der Waals surface area contributed by atoms with E-state index in [-0.39, 0.29) is 5.52 Å². The summed E-state index contributed by atoms with van der Waals surface area (Å²) in [4.78, 5) is 4.28. The van der Waals surface area contributed by atoms with Crippen LogP contribution >= 0.6 is 0 Å². The highest BCUT2D eigenvalue weighted by Crippen LogP contribution is 2.42. The Balaban J connectivity index is 1.62. The van der Waals surface area contributed by atoms with Gasteiger partial charge in [-0.3, -0.25) is 4.98 Å². The molecule has 4 nitrogen and oxygen atoms in total. The van der Waals surface area contributed by atoms with Gasteiger partial charge in [0.2, 0.25) is 0 Å². The third-order valence-corrected chi connectivity index (χ3v) is 6.41. The van der Waals surface area contributed by atoms with Crippen molar-refractivity contribution >= 4 is 16.6 Å². The first-order chi connectivity index (χ1) is 18.4. The van der Waals surface area contributed by atoms with Crippen molar-refractivity contribution in [2.24, 2.45) is 0 Å². The second kappa shape index (κ2) is 10.5. The van der Waals surface area contributed by atoms with Crippen molar-refractivity contribution in [3.05, 3.63) is 108 Å². The molecule has 5 aromatic rings. The number of benzene rings is 4. The van der Waals surface area contributed by atoms with Crippen LogP contribution in [0.25, 0.3) is 33.2 Å². The van der Waals surface area contributed by atoms with Crippen molar-refractivity contribution in [1.82, 2.24) is 4.98 Å². The van der Waals surface area contributed by atoms with E-state index in [2.05, 4.69) is 10.3 Å². The third kappa shape index (κ3) is 4.87. The van der Waals surface area contributed by atoms with Gasteiger partial charge in [-0.15, -0.1) is 0 Å². The maximum absolute atomic E-state index is 13.8. The van der Waals surface area contributed by atoms with Gasteiger partial charge in [0.15, 0.2) is 11.5 Å². The molecule has 1 heterocycles. The van der Waals surface area contributed by atoms with Crippen molar-refractivity contribution < 1.29 is 22.6 Å². The Morgan fingerprint density at radius 2 is 1.53 bits per heavy atom. The van der Waals surface area contributed by atoms with Gasteiger partial charge in [0.1, 0.15) is 0 Å². The highest BCUT2D eigenvalue weighted by atomic mass is 19.4. The number of anilines is 1. The zero-order chi connectivity index (χ0) is 26.7. The molecule has 0 aliphatic rings. The fourth-order valence-electron chi connectivity index (χ4n) is 4.67. The number of alkyl halides is 3. The molecule has 0 spiro atoms. The minimum absolute atomic E-state index is 0.0749. The molecule has 192 valence electrons. The molecule has 0 atom stereocenters. The molecule has 0 radical (unpaired) electrons. The predicted molar refractivity (Wildman–Crippen MR) is 144 cm³/mol. The molecule has 0 saturated carbocycles. The number of nitrogens with zero attached hydrogens (tertiary/aromatic N) is 1. The average molecular weight is 515 g/mol. The predicted octanol–water partition coefficient (Wildman–Crippen LogP) is 8.22. The fourth-order valence-corrected chi connectivity index (χ4v) is 4.67. The topological polar surface area (TPSA) is 43.4 Å². The molecule has 0 amide bonds. The van der Waals surface area contributed by atoms with Crippen molar-refractivity contribution in [3.63, 3.8) is 0 Å². The van der Waals surface area contributed by atoms with E-state index < -0.39 is 11.7 Å². The normalized spacial score (nSPS) is 11.4. The number of methoxy groups -OCH3 is 2. The monoisotopic (exact) mass is 514 g/mol. The van der Waals surface area contributed by atoms with Gasteiger partial charge in [0.25, 0.3) is 0 Å². The van der Waals surface area contributed by atoms with Crippen molar-refractivity contribution in [2.75, 3.05) is 19.5 Å². The van der Waals surface area contributed by atoms with E-state index in [0.717, 1.165) is 34.0 Å². The zero-order valence-corrected chi connectivity index (χ0v) is 20.8. The lowest BCUT2D eigenvalue weighted by Crippen LogP contribution is -2.07. The smallest absolute Gasteiger partial charge is 0.418 e. The first-order valence-corrected chi connectivity index (χ1v) is 12.0. The standard InChI is InChI=1S/C31H25F3N2O2/c1-37-27-16-7-12-22(30(27)38-2)18-35-23-13-6-11-21(17-23)28-24-14-8-15-26(31(32,33)34)29(24)36-19-25(28)20-9-4-3-5-10-20/h3-17,19,35H,18H2,1-2H3. The summed E-state index contributed by atoms with van der Waals surface area (Å²) in [7, 11) is 3.18. The Labute approximate surface area is 218 Å². The number of pyridine rings is 1. The van der Waals surface area contributed by atoms with Gasteiger partial charge < -0.3 is 14.8 Å². The van der Waals surface area contributed by atoms with E-state index in [9.17, 15) is 13.2 Å². The fraction of sp³-hybridized carbons (Fsp3) is 0.129. The minimum Gasteiger partial charge on any atom is -0.493 e. The summed E-state index contributed by atoms with van der Waals surface area (Å²) in [5, 5.41) is 3.85. The number of halogens is 3. The van der Waals surface area contributed by atoms with Crippen LogP contribution in [0.2, 0.25) is 0 Å². The number of aromatic nitrogens is 1. The van der Waals surface area contributed by atoms with Gasteiger partial charge >= 0.3 is 6.18 Å². The van der Waals surface area contributed by atoms with Crippen molar-refractivity contribution in [2.45, 2.75) is 12.7 Å². The lowest BCUT2D eigenvalue weighted by molar-refractivity contribution is -0.136. The number of fused-ring (bicyclic) bond motifs is 1. The van der Waals surface area contributed by atoms with Crippen LogP contribution in [0.5, 0.6) is 11.5 Å². The SMILES string of the molecule is COc1cccc(CNc2cccc(-c3c(-c4ccccc4)cnc4c(C(F)(F)F)cccc34)c2)c1OC. The molecule has 0 aliphatic heterocycles. The van der Waals surface area contributed by atoms with Crippen molar-refractivity contribution in [1.29, 1.82) is 0 Å². The second-order valence-electron chi connectivity index (χ2n) is 8.70. The summed E-state index contributed by atoms with van der Waals surface area (Å²) in [5.74, 6) is 1.28. The Hall–Kier alpha value is -4.52.